The molecule has 0 unspecified atom stereocenters. The predicted molar refractivity (Wildman–Crippen MR) is 87.7 cm³/mol. The second kappa shape index (κ2) is 6.85. The zero-order valence-electron chi connectivity index (χ0n) is 11.8. The van der Waals surface area contributed by atoms with Gasteiger partial charge in [-0.25, -0.2) is 4.79 Å². The van der Waals surface area contributed by atoms with Gasteiger partial charge < -0.3 is 9.63 Å². The summed E-state index contributed by atoms with van der Waals surface area (Å²) in [7, 11) is 0. The van der Waals surface area contributed by atoms with Gasteiger partial charge in [0.15, 0.2) is 0 Å². The topological polar surface area (TPSA) is 76.2 Å². The Morgan fingerprint density at radius 3 is 2.65 bits per heavy atom. The number of halogens is 1. The van der Waals surface area contributed by atoms with Crippen molar-refractivity contribution in [2.45, 2.75) is 10.6 Å². The number of hydrogen-bond donors (Lipinski definition) is 1. The van der Waals surface area contributed by atoms with Crippen molar-refractivity contribution in [1.82, 2.24) is 10.1 Å². The molecule has 3 rings (SSSR count). The molecule has 0 spiro atoms. The highest BCUT2D eigenvalue weighted by molar-refractivity contribution is 7.98. The second-order valence-electron chi connectivity index (χ2n) is 4.61. The van der Waals surface area contributed by atoms with Gasteiger partial charge in [0.25, 0.3) is 0 Å². The SMILES string of the molecule is O=C(O)c1ccccc1SCc1nc(-c2ccc(Cl)cc2)no1. The molecule has 0 radical (unpaired) electrons. The van der Waals surface area contributed by atoms with Gasteiger partial charge in [-0.15, -0.1) is 11.8 Å². The molecule has 23 heavy (non-hydrogen) atoms. The van der Waals surface area contributed by atoms with Crippen molar-refractivity contribution in [3.63, 3.8) is 0 Å². The summed E-state index contributed by atoms with van der Waals surface area (Å²) in [5, 5.41) is 13.7. The first kappa shape index (κ1) is 15.6. The molecule has 1 N–H and O–H groups in total. The van der Waals surface area contributed by atoms with Crippen LogP contribution in [0.15, 0.2) is 57.9 Å². The first-order valence-corrected chi connectivity index (χ1v) is 8.03. The minimum atomic E-state index is -0.958. The van der Waals surface area contributed by atoms with Crippen LogP contribution in [0.4, 0.5) is 0 Å². The van der Waals surface area contributed by atoms with Crippen LogP contribution >= 0.6 is 23.4 Å². The zero-order chi connectivity index (χ0) is 16.2. The number of rotatable bonds is 5. The average Bonchev–Trinajstić information content (AvgIpc) is 3.03. The molecular weight excluding hydrogens is 336 g/mol. The number of carbonyl (C=O) groups is 1. The molecule has 7 heteroatoms. The summed E-state index contributed by atoms with van der Waals surface area (Å²) in [5.74, 6) is 0.342. The van der Waals surface area contributed by atoms with E-state index in [4.69, 9.17) is 21.2 Å². The minimum Gasteiger partial charge on any atom is -0.478 e. The quantitative estimate of drug-likeness (QED) is 0.691. The van der Waals surface area contributed by atoms with Gasteiger partial charge in [-0.1, -0.05) is 28.9 Å². The standard InChI is InChI=1S/C16H11ClN2O3S/c17-11-7-5-10(6-8-11)15-18-14(22-19-15)9-23-13-4-2-1-3-12(13)16(20)21/h1-8H,9H2,(H,20,21). The molecule has 0 aliphatic rings. The maximum absolute atomic E-state index is 11.2. The molecule has 0 bridgehead atoms. The largest absolute Gasteiger partial charge is 0.478 e. The van der Waals surface area contributed by atoms with E-state index < -0.39 is 5.97 Å². The van der Waals surface area contributed by atoms with Crippen LogP contribution in [-0.4, -0.2) is 21.2 Å². The fourth-order valence-corrected chi connectivity index (χ4v) is 2.95. The van der Waals surface area contributed by atoms with Crippen molar-refractivity contribution in [2.24, 2.45) is 0 Å². The Labute approximate surface area is 141 Å². The fourth-order valence-electron chi connectivity index (χ4n) is 1.94. The Balaban J connectivity index is 1.73. The van der Waals surface area contributed by atoms with Gasteiger partial charge in [-0.05, 0) is 36.4 Å². The van der Waals surface area contributed by atoms with Crippen molar-refractivity contribution >= 4 is 29.3 Å². The minimum absolute atomic E-state index is 0.259. The van der Waals surface area contributed by atoms with Gasteiger partial charge >= 0.3 is 5.97 Å². The normalized spacial score (nSPS) is 10.7. The summed E-state index contributed by atoms with van der Waals surface area (Å²) in [6.07, 6.45) is 0. The first-order chi connectivity index (χ1) is 11.1. The molecule has 0 saturated heterocycles. The lowest BCUT2D eigenvalue weighted by Crippen LogP contribution is -1.98. The van der Waals surface area contributed by atoms with Crippen LogP contribution < -0.4 is 0 Å². The molecule has 0 atom stereocenters. The van der Waals surface area contributed by atoms with E-state index in [2.05, 4.69) is 10.1 Å². The lowest BCUT2D eigenvalue weighted by atomic mass is 10.2. The van der Waals surface area contributed by atoms with Crippen LogP contribution in [0.1, 0.15) is 16.2 Å². The van der Waals surface area contributed by atoms with E-state index >= 15 is 0 Å². The van der Waals surface area contributed by atoms with E-state index in [0.717, 1.165) is 5.56 Å². The van der Waals surface area contributed by atoms with E-state index in [1.807, 2.05) is 12.1 Å². The van der Waals surface area contributed by atoms with E-state index in [0.29, 0.717) is 27.4 Å². The molecule has 0 aliphatic heterocycles. The number of thioether (sulfide) groups is 1. The van der Waals surface area contributed by atoms with E-state index in [1.165, 1.54) is 11.8 Å². The zero-order valence-corrected chi connectivity index (χ0v) is 13.3. The van der Waals surface area contributed by atoms with Crippen LogP contribution in [0.25, 0.3) is 11.4 Å². The fraction of sp³-hybridized carbons (Fsp3) is 0.0625. The third-order valence-corrected chi connectivity index (χ3v) is 4.35. The maximum atomic E-state index is 11.2. The van der Waals surface area contributed by atoms with Crippen molar-refractivity contribution in [3.8, 4) is 11.4 Å². The second-order valence-corrected chi connectivity index (χ2v) is 6.06. The van der Waals surface area contributed by atoms with Gasteiger partial charge in [-0.3, -0.25) is 0 Å². The lowest BCUT2D eigenvalue weighted by molar-refractivity contribution is 0.0693. The van der Waals surface area contributed by atoms with Gasteiger partial charge in [-0.2, -0.15) is 4.98 Å². The molecular formula is C16H11ClN2O3S. The molecule has 1 aromatic heterocycles. The van der Waals surface area contributed by atoms with Crippen LogP contribution in [0, 0.1) is 0 Å². The van der Waals surface area contributed by atoms with Gasteiger partial charge in [0.1, 0.15) is 0 Å². The molecule has 0 fully saturated rings. The van der Waals surface area contributed by atoms with Crippen LogP contribution in [-0.2, 0) is 5.75 Å². The van der Waals surface area contributed by atoms with E-state index in [9.17, 15) is 4.79 Å². The maximum Gasteiger partial charge on any atom is 0.336 e. The smallest absolute Gasteiger partial charge is 0.336 e. The number of carboxylic acid groups (broad SMARTS) is 1. The Morgan fingerprint density at radius 1 is 1.17 bits per heavy atom. The molecule has 0 amide bonds. The number of hydrogen-bond acceptors (Lipinski definition) is 5. The Bertz CT molecular complexity index is 833. The highest BCUT2D eigenvalue weighted by Crippen LogP contribution is 2.27. The highest BCUT2D eigenvalue weighted by Gasteiger charge is 2.13. The summed E-state index contributed by atoms with van der Waals surface area (Å²) in [5.41, 5.74) is 1.07. The predicted octanol–water partition coefficient (Wildman–Crippen LogP) is 4.38. The number of carboxylic acids is 1. The van der Waals surface area contributed by atoms with Gasteiger partial charge in [0.2, 0.25) is 11.7 Å². The monoisotopic (exact) mass is 346 g/mol. The molecule has 116 valence electrons. The van der Waals surface area contributed by atoms with Crippen LogP contribution in [0.5, 0.6) is 0 Å². The van der Waals surface area contributed by atoms with Crippen molar-refractivity contribution in [2.75, 3.05) is 0 Å². The van der Waals surface area contributed by atoms with Crippen molar-refractivity contribution in [1.29, 1.82) is 0 Å². The molecule has 2 aromatic carbocycles. The Hall–Kier alpha value is -2.31. The van der Waals surface area contributed by atoms with Crippen LogP contribution in [0.2, 0.25) is 5.02 Å². The molecule has 1 heterocycles. The number of aromatic nitrogens is 2. The summed E-state index contributed by atoms with van der Waals surface area (Å²) in [6, 6.07) is 13.9. The third kappa shape index (κ3) is 3.72. The van der Waals surface area contributed by atoms with Crippen molar-refractivity contribution < 1.29 is 14.4 Å². The van der Waals surface area contributed by atoms with E-state index in [-0.39, 0.29) is 5.56 Å². The highest BCUT2D eigenvalue weighted by atomic mass is 35.5. The van der Waals surface area contributed by atoms with Gasteiger partial charge in [0, 0.05) is 15.5 Å². The molecule has 5 nitrogen and oxygen atoms in total. The average molecular weight is 347 g/mol. The summed E-state index contributed by atoms with van der Waals surface area (Å²) in [4.78, 5) is 16.1. The number of aromatic carboxylic acids is 1. The van der Waals surface area contributed by atoms with Crippen molar-refractivity contribution in [3.05, 3.63) is 65.0 Å². The van der Waals surface area contributed by atoms with E-state index in [1.54, 1.807) is 36.4 Å². The molecule has 0 saturated carbocycles. The summed E-state index contributed by atoms with van der Waals surface area (Å²) < 4.78 is 5.21. The number of benzene rings is 2. The summed E-state index contributed by atoms with van der Waals surface area (Å²) >= 11 is 7.19. The molecule has 3 aromatic rings. The Kier molecular flexibility index (Phi) is 4.64. The third-order valence-electron chi connectivity index (χ3n) is 3.04. The summed E-state index contributed by atoms with van der Waals surface area (Å²) in [6.45, 7) is 0. The Morgan fingerprint density at radius 2 is 1.91 bits per heavy atom. The van der Waals surface area contributed by atoms with Gasteiger partial charge in [0.05, 0.1) is 11.3 Å². The first-order valence-electron chi connectivity index (χ1n) is 6.67. The lowest BCUT2D eigenvalue weighted by Gasteiger charge is -2.02. The molecule has 0 aliphatic carbocycles. The van der Waals surface area contributed by atoms with Crippen LogP contribution in [0.3, 0.4) is 0 Å². The number of nitrogens with zero attached hydrogens (tertiary/aromatic N) is 2.